The lowest BCUT2D eigenvalue weighted by Gasteiger charge is -2.15. The minimum atomic E-state index is -1.38. The summed E-state index contributed by atoms with van der Waals surface area (Å²) in [6.07, 6.45) is 16.4. The lowest BCUT2D eigenvalue weighted by molar-refractivity contribution is 0.356. The predicted molar refractivity (Wildman–Crippen MR) is 118 cm³/mol. The average molecular weight is 363 g/mol. The molecule has 0 aliphatic carbocycles. The van der Waals surface area contributed by atoms with Crippen molar-refractivity contribution >= 4 is 8.32 Å². The fraction of sp³-hybridized carbons (Fsp3) is 0.652. The lowest BCUT2D eigenvalue weighted by atomic mass is 10.0. The van der Waals surface area contributed by atoms with Crippen LogP contribution in [0.5, 0.6) is 0 Å². The number of rotatable bonds is 12. The molecule has 0 spiro atoms. The van der Waals surface area contributed by atoms with Crippen LogP contribution in [0.15, 0.2) is 46.6 Å². The maximum Gasteiger partial charge on any atom is 0.184 e. The molecule has 0 saturated carbocycles. The first-order valence-corrected chi connectivity index (χ1v) is 13.2. The van der Waals surface area contributed by atoms with Crippen LogP contribution in [0.2, 0.25) is 19.6 Å². The highest BCUT2D eigenvalue weighted by atomic mass is 28.4. The Hall–Kier alpha value is -0.863. The normalized spacial score (nSPS) is 14.0. The van der Waals surface area contributed by atoms with Gasteiger partial charge in [0.15, 0.2) is 8.32 Å². The van der Waals surface area contributed by atoms with Crippen LogP contribution in [0.4, 0.5) is 0 Å². The van der Waals surface area contributed by atoms with Crippen molar-refractivity contribution in [2.75, 3.05) is 6.61 Å². The molecule has 1 nitrogen and oxygen atoms in total. The summed E-state index contributed by atoms with van der Waals surface area (Å²) in [5.74, 6) is 0. The first-order chi connectivity index (χ1) is 11.6. The van der Waals surface area contributed by atoms with Crippen molar-refractivity contribution in [1.29, 1.82) is 0 Å². The van der Waals surface area contributed by atoms with E-state index in [1.807, 2.05) is 0 Å². The van der Waals surface area contributed by atoms with Gasteiger partial charge in [-0.25, -0.2) is 0 Å². The SMILES string of the molecule is CC(C)=CCCC(C)=CCCC(C)=CCCC(C)=CCO[Si](C)(C)C. The standard InChI is InChI=1S/C23H42OSi/c1-20(2)12-9-13-21(3)14-10-15-22(4)16-11-17-23(5)18-19-24-25(6,7)8/h12,14,16,18H,9-11,13,15,17,19H2,1-8H3. The van der Waals surface area contributed by atoms with Gasteiger partial charge >= 0.3 is 0 Å². The van der Waals surface area contributed by atoms with Crippen molar-refractivity contribution in [3.05, 3.63) is 46.6 Å². The van der Waals surface area contributed by atoms with E-state index in [0.29, 0.717) is 0 Å². The van der Waals surface area contributed by atoms with Crippen molar-refractivity contribution in [3.8, 4) is 0 Å². The van der Waals surface area contributed by atoms with Crippen LogP contribution in [0.3, 0.4) is 0 Å². The monoisotopic (exact) mass is 362 g/mol. The van der Waals surface area contributed by atoms with Gasteiger partial charge in [-0.1, -0.05) is 46.6 Å². The molecule has 0 amide bonds. The molecule has 0 aliphatic rings. The maximum atomic E-state index is 5.88. The Morgan fingerprint density at radius 3 is 1.44 bits per heavy atom. The Balaban J connectivity index is 4.01. The highest BCUT2D eigenvalue weighted by molar-refractivity contribution is 6.69. The Morgan fingerprint density at radius 2 is 1.04 bits per heavy atom. The molecule has 0 aromatic heterocycles. The van der Waals surface area contributed by atoms with Gasteiger partial charge in [-0.2, -0.15) is 0 Å². The van der Waals surface area contributed by atoms with E-state index in [1.54, 1.807) is 0 Å². The predicted octanol–water partition coefficient (Wildman–Crippen LogP) is 7.98. The molecule has 0 heterocycles. The van der Waals surface area contributed by atoms with Crippen molar-refractivity contribution in [2.45, 2.75) is 92.8 Å². The largest absolute Gasteiger partial charge is 0.414 e. The lowest BCUT2D eigenvalue weighted by Crippen LogP contribution is -2.25. The zero-order valence-electron chi connectivity index (χ0n) is 18.2. The molecule has 0 saturated heterocycles. The zero-order valence-corrected chi connectivity index (χ0v) is 19.2. The molecule has 0 radical (unpaired) electrons. The molecular weight excluding hydrogens is 320 g/mol. The summed E-state index contributed by atoms with van der Waals surface area (Å²) < 4.78 is 5.88. The van der Waals surface area contributed by atoms with E-state index < -0.39 is 8.32 Å². The van der Waals surface area contributed by atoms with Crippen molar-refractivity contribution in [1.82, 2.24) is 0 Å². The third kappa shape index (κ3) is 17.7. The van der Waals surface area contributed by atoms with Crippen LogP contribution in [0.25, 0.3) is 0 Å². The molecular formula is C23H42OSi. The van der Waals surface area contributed by atoms with Gasteiger partial charge in [0.2, 0.25) is 0 Å². The molecule has 0 atom stereocenters. The van der Waals surface area contributed by atoms with Gasteiger partial charge in [-0.3, -0.25) is 0 Å². The Labute approximate surface area is 159 Å². The molecule has 0 aliphatic heterocycles. The minimum Gasteiger partial charge on any atom is -0.414 e. The van der Waals surface area contributed by atoms with E-state index >= 15 is 0 Å². The van der Waals surface area contributed by atoms with E-state index in [2.05, 4.69) is 78.6 Å². The maximum absolute atomic E-state index is 5.88. The molecule has 0 N–H and O–H groups in total. The summed E-state index contributed by atoms with van der Waals surface area (Å²) in [7, 11) is -1.38. The summed E-state index contributed by atoms with van der Waals surface area (Å²) >= 11 is 0. The molecule has 0 aromatic rings. The minimum absolute atomic E-state index is 0.779. The van der Waals surface area contributed by atoms with E-state index in [-0.39, 0.29) is 0 Å². The van der Waals surface area contributed by atoms with E-state index in [0.717, 1.165) is 19.4 Å². The average Bonchev–Trinajstić information content (AvgIpc) is 2.45. The quantitative estimate of drug-likeness (QED) is 0.252. The molecule has 0 aromatic carbocycles. The summed E-state index contributed by atoms with van der Waals surface area (Å²) in [6.45, 7) is 18.6. The van der Waals surface area contributed by atoms with Gasteiger partial charge in [0.25, 0.3) is 0 Å². The van der Waals surface area contributed by atoms with E-state index in [1.165, 1.54) is 48.0 Å². The molecule has 144 valence electrons. The Bertz CT molecular complexity index is 483. The van der Waals surface area contributed by atoms with Gasteiger partial charge in [0, 0.05) is 0 Å². The Kier molecular flexibility index (Phi) is 12.9. The fourth-order valence-corrected chi connectivity index (χ4v) is 3.00. The summed E-state index contributed by atoms with van der Waals surface area (Å²) in [6, 6.07) is 0. The van der Waals surface area contributed by atoms with Gasteiger partial charge in [-0.15, -0.1) is 0 Å². The van der Waals surface area contributed by atoms with Crippen LogP contribution >= 0.6 is 0 Å². The summed E-state index contributed by atoms with van der Waals surface area (Å²) in [5.41, 5.74) is 5.89. The number of hydrogen-bond acceptors (Lipinski definition) is 1. The molecule has 0 fully saturated rings. The second-order valence-electron chi connectivity index (χ2n) is 8.47. The van der Waals surface area contributed by atoms with Gasteiger partial charge in [-0.05, 0) is 92.8 Å². The van der Waals surface area contributed by atoms with Crippen LogP contribution < -0.4 is 0 Å². The topological polar surface area (TPSA) is 9.23 Å². The van der Waals surface area contributed by atoms with Crippen LogP contribution in [0.1, 0.15) is 73.1 Å². The molecule has 0 bridgehead atoms. The highest BCUT2D eigenvalue weighted by Gasteiger charge is 2.12. The molecule has 25 heavy (non-hydrogen) atoms. The van der Waals surface area contributed by atoms with E-state index in [9.17, 15) is 0 Å². The smallest absolute Gasteiger partial charge is 0.184 e. The second kappa shape index (κ2) is 13.4. The highest BCUT2D eigenvalue weighted by Crippen LogP contribution is 2.13. The van der Waals surface area contributed by atoms with Crippen LogP contribution in [0, 0.1) is 0 Å². The van der Waals surface area contributed by atoms with Crippen LogP contribution in [-0.2, 0) is 4.43 Å². The number of hydrogen-bond donors (Lipinski definition) is 0. The van der Waals surface area contributed by atoms with Crippen LogP contribution in [-0.4, -0.2) is 14.9 Å². The molecule has 2 heteroatoms. The zero-order chi connectivity index (χ0) is 19.3. The van der Waals surface area contributed by atoms with Crippen molar-refractivity contribution in [3.63, 3.8) is 0 Å². The van der Waals surface area contributed by atoms with Gasteiger partial charge in [0.05, 0.1) is 6.61 Å². The van der Waals surface area contributed by atoms with Gasteiger partial charge in [0.1, 0.15) is 0 Å². The first-order valence-electron chi connectivity index (χ1n) is 9.84. The third-order valence-corrected chi connectivity index (χ3v) is 5.14. The van der Waals surface area contributed by atoms with Gasteiger partial charge < -0.3 is 4.43 Å². The number of allylic oxidation sites excluding steroid dienone is 7. The summed E-state index contributed by atoms with van der Waals surface area (Å²) in [5, 5.41) is 0. The Morgan fingerprint density at radius 1 is 0.640 bits per heavy atom. The second-order valence-corrected chi connectivity index (χ2v) is 13.0. The van der Waals surface area contributed by atoms with E-state index in [4.69, 9.17) is 4.43 Å². The third-order valence-electron chi connectivity index (χ3n) is 4.10. The fourth-order valence-electron chi connectivity index (χ4n) is 2.42. The van der Waals surface area contributed by atoms with Crippen molar-refractivity contribution < 1.29 is 4.43 Å². The molecule has 0 rings (SSSR count). The molecule has 0 unspecified atom stereocenters. The summed E-state index contributed by atoms with van der Waals surface area (Å²) in [4.78, 5) is 0. The van der Waals surface area contributed by atoms with Crippen molar-refractivity contribution in [2.24, 2.45) is 0 Å². The first kappa shape index (κ1) is 24.1.